The third kappa shape index (κ3) is 3.83. The molecular formula is C15H19N3O4S. The summed E-state index contributed by atoms with van der Waals surface area (Å²) in [6.07, 6.45) is 6.22. The third-order valence-electron chi connectivity index (χ3n) is 3.93. The molecule has 0 spiro atoms. The molecule has 0 saturated carbocycles. The van der Waals surface area contributed by atoms with Gasteiger partial charge >= 0.3 is 0 Å². The molecule has 0 fully saturated rings. The molecule has 124 valence electrons. The predicted octanol–water partition coefficient (Wildman–Crippen LogP) is 0.382. The second-order valence-corrected chi connectivity index (χ2v) is 7.74. The van der Waals surface area contributed by atoms with Crippen molar-refractivity contribution < 1.29 is 18.0 Å². The molecule has 0 aromatic carbocycles. The summed E-state index contributed by atoms with van der Waals surface area (Å²) >= 11 is 0. The Bertz CT molecular complexity index is 788. The lowest BCUT2D eigenvalue weighted by molar-refractivity contribution is -0.118. The van der Waals surface area contributed by atoms with Crippen LogP contribution in [0.5, 0.6) is 0 Å². The first kappa shape index (κ1) is 17.3. The van der Waals surface area contributed by atoms with Gasteiger partial charge in [0.2, 0.25) is 10.0 Å². The second kappa shape index (κ2) is 6.21. The number of likely N-dealkylation sites (N-methyl/N-ethyl adjacent to an activating group) is 1. The molecule has 0 aromatic heterocycles. The third-order valence-corrected chi connectivity index (χ3v) is 5.19. The van der Waals surface area contributed by atoms with Crippen molar-refractivity contribution >= 4 is 27.5 Å². The Morgan fingerprint density at radius 3 is 2.65 bits per heavy atom. The summed E-state index contributed by atoms with van der Waals surface area (Å²) in [5, 5.41) is 2.78. The number of carbonyl (C=O) groups excluding carboxylic acids is 2. The molecule has 1 heterocycles. The molecule has 0 radical (unpaired) electrons. The highest BCUT2D eigenvalue weighted by Gasteiger charge is 2.27. The molecule has 2 aliphatic rings. The van der Waals surface area contributed by atoms with Gasteiger partial charge in [-0.15, -0.1) is 0 Å². The van der Waals surface area contributed by atoms with E-state index in [2.05, 4.69) is 10.3 Å². The molecule has 1 aliphatic carbocycles. The highest BCUT2D eigenvalue weighted by molar-refractivity contribution is 7.88. The van der Waals surface area contributed by atoms with Gasteiger partial charge in [-0.25, -0.2) is 13.4 Å². The molecule has 7 nitrogen and oxygen atoms in total. The van der Waals surface area contributed by atoms with Crippen LogP contribution >= 0.6 is 0 Å². The first-order valence-electron chi connectivity index (χ1n) is 7.01. The second-order valence-electron chi connectivity index (χ2n) is 5.65. The average molecular weight is 337 g/mol. The molecule has 2 rings (SSSR count). The number of hydrogen-bond donors (Lipinski definition) is 1. The predicted molar refractivity (Wildman–Crippen MR) is 87.1 cm³/mol. The van der Waals surface area contributed by atoms with Crippen molar-refractivity contribution in [1.29, 1.82) is 0 Å². The standard InChI is InChI=1S/C15H19N3O4S/c1-9-10(2)15(20)17-13-7-11(5-6-12(9)13)16-14(19)8-18(3)23(4,21)22/h5-7,12H,8H2,1-4H3,(H,17,20). The van der Waals surface area contributed by atoms with Gasteiger partial charge in [-0.1, -0.05) is 11.6 Å². The van der Waals surface area contributed by atoms with Gasteiger partial charge in [-0.3, -0.25) is 9.59 Å². The fourth-order valence-electron chi connectivity index (χ4n) is 2.28. The maximum Gasteiger partial charge on any atom is 0.261 e. The molecule has 0 saturated heterocycles. The number of amides is 2. The van der Waals surface area contributed by atoms with E-state index in [0.717, 1.165) is 16.1 Å². The van der Waals surface area contributed by atoms with Gasteiger partial charge < -0.3 is 5.32 Å². The van der Waals surface area contributed by atoms with Crippen molar-refractivity contribution in [2.45, 2.75) is 13.8 Å². The van der Waals surface area contributed by atoms with Gasteiger partial charge in [0.1, 0.15) is 0 Å². The Morgan fingerprint density at radius 2 is 2.04 bits per heavy atom. The Morgan fingerprint density at radius 1 is 1.39 bits per heavy atom. The van der Waals surface area contributed by atoms with E-state index in [0.29, 0.717) is 17.0 Å². The van der Waals surface area contributed by atoms with Crippen molar-refractivity contribution in [3.63, 3.8) is 0 Å². The molecule has 0 aromatic rings. The lowest BCUT2D eigenvalue weighted by Crippen LogP contribution is -2.35. The van der Waals surface area contributed by atoms with Crippen LogP contribution in [-0.2, 0) is 19.6 Å². The summed E-state index contributed by atoms with van der Waals surface area (Å²) in [6, 6.07) is 0. The van der Waals surface area contributed by atoms with Crippen molar-refractivity contribution in [1.82, 2.24) is 9.62 Å². The number of nitrogens with zero attached hydrogens (tertiary/aromatic N) is 2. The van der Waals surface area contributed by atoms with Gasteiger partial charge in [0, 0.05) is 24.2 Å². The SMILES string of the molecule is CC1=C(C)C2C=CC(=NC(=O)CN(C)S(C)(=O)=O)C=C2NC1=O. The van der Waals surface area contributed by atoms with Crippen LogP contribution in [-0.4, -0.2) is 50.1 Å². The molecule has 0 bridgehead atoms. The van der Waals surface area contributed by atoms with E-state index in [-0.39, 0.29) is 18.4 Å². The summed E-state index contributed by atoms with van der Waals surface area (Å²) in [5.41, 5.74) is 2.70. The monoisotopic (exact) mass is 337 g/mol. The van der Waals surface area contributed by atoms with Gasteiger partial charge in [0.25, 0.3) is 11.8 Å². The lowest BCUT2D eigenvalue weighted by Gasteiger charge is -2.28. The van der Waals surface area contributed by atoms with Crippen molar-refractivity contribution in [3.05, 3.63) is 35.1 Å². The van der Waals surface area contributed by atoms with Crippen LogP contribution in [0.25, 0.3) is 0 Å². The normalized spacial score (nSPS) is 23.0. The molecule has 8 heteroatoms. The molecular weight excluding hydrogens is 318 g/mol. The lowest BCUT2D eigenvalue weighted by atomic mass is 9.85. The molecule has 1 unspecified atom stereocenters. The van der Waals surface area contributed by atoms with Crippen molar-refractivity contribution in [2.75, 3.05) is 19.8 Å². The first-order valence-corrected chi connectivity index (χ1v) is 8.85. The number of sulfonamides is 1. The number of hydrogen-bond acceptors (Lipinski definition) is 4. The maximum absolute atomic E-state index is 11.9. The highest BCUT2D eigenvalue weighted by Crippen LogP contribution is 2.29. The number of fused-ring (bicyclic) bond motifs is 1. The minimum absolute atomic E-state index is 0.0274. The first-order chi connectivity index (χ1) is 10.6. The minimum Gasteiger partial charge on any atom is -0.325 e. The number of rotatable bonds is 3. The van der Waals surface area contributed by atoms with Crippen LogP contribution in [0, 0.1) is 5.92 Å². The van der Waals surface area contributed by atoms with E-state index in [1.54, 1.807) is 19.1 Å². The van der Waals surface area contributed by atoms with Crippen LogP contribution in [0.15, 0.2) is 40.1 Å². The summed E-state index contributed by atoms with van der Waals surface area (Å²) in [5.74, 6) is -0.762. The van der Waals surface area contributed by atoms with Gasteiger partial charge in [0.05, 0.1) is 18.5 Å². The van der Waals surface area contributed by atoms with E-state index in [9.17, 15) is 18.0 Å². The van der Waals surface area contributed by atoms with Crippen LogP contribution in [0.4, 0.5) is 0 Å². The van der Waals surface area contributed by atoms with Gasteiger partial charge in [-0.2, -0.15) is 4.31 Å². The average Bonchev–Trinajstić information content (AvgIpc) is 2.43. The Kier molecular flexibility index (Phi) is 4.67. The molecule has 2 amide bonds. The smallest absolute Gasteiger partial charge is 0.261 e. The van der Waals surface area contributed by atoms with Crippen LogP contribution in [0.2, 0.25) is 0 Å². The molecule has 1 N–H and O–H groups in total. The fourth-order valence-corrected chi connectivity index (χ4v) is 2.63. The zero-order chi connectivity index (χ0) is 17.4. The number of aliphatic imine (C=N–C) groups is 1. The van der Waals surface area contributed by atoms with Crippen LogP contribution < -0.4 is 5.32 Å². The Hall–Kier alpha value is -2.06. The van der Waals surface area contributed by atoms with Crippen molar-refractivity contribution in [2.24, 2.45) is 10.9 Å². The summed E-state index contributed by atoms with van der Waals surface area (Å²) in [6.45, 7) is 3.34. The molecule has 23 heavy (non-hydrogen) atoms. The largest absolute Gasteiger partial charge is 0.325 e. The summed E-state index contributed by atoms with van der Waals surface area (Å²) in [7, 11) is -2.12. The minimum atomic E-state index is -3.43. The van der Waals surface area contributed by atoms with Gasteiger partial charge in [0.15, 0.2) is 0 Å². The van der Waals surface area contributed by atoms with E-state index in [1.165, 1.54) is 7.05 Å². The van der Waals surface area contributed by atoms with Gasteiger partial charge in [-0.05, 0) is 26.0 Å². The van der Waals surface area contributed by atoms with E-state index < -0.39 is 15.9 Å². The zero-order valence-corrected chi connectivity index (χ0v) is 14.3. The number of carbonyl (C=O) groups is 2. The van der Waals surface area contributed by atoms with Crippen molar-refractivity contribution in [3.8, 4) is 0 Å². The maximum atomic E-state index is 11.9. The van der Waals surface area contributed by atoms with E-state index >= 15 is 0 Å². The number of nitrogens with one attached hydrogen (secondary N) is 1. The zero-order valence-electron chi connectivity index (χ0n) is 13.5. The van der Waals surface area contributed by atoms with E-state index in [1.807, 2.05) is 13.0 Å². The van der Waals surface area contributed by atoms with E-state index in [4.69, 9.17) is 0 Å². The van der Waals surface area contributed by atoms with Crippen LogP contribution in [0.1, 0.15) is 13.8 Å². The van der Waals surface area contributed by atoms with Crippen LogP contribution in [0.3, 0.4) is 0 Å². The Labute approximate surface area is 135 Å². The summed E-state index contributed by atoms with van der Waals surface area (Å²) < 4.78 is 23.5. The fraction of sp³-hybridized carbons (Fsp3) is 0.400. The summed E-state index contributed by atoms with van der Waals surface area (Å²) in [4.78, 5) is 27.6. The highest BCUT2D eigenvalue weighted by atomic mass is 32.2. The quantitative estimate of drug-likeness (QED) is 0.805. The topological polar surface area (TPSA) is 95.9 Å². The molecule has 1 atom stereocenters. The Balaban J connectivity index is 2.19. The molecule has 1 aliphatic heterocycles. The number of allylic oxidation sites excluding steroid dienone is 3.